The van der Waals surface area contributed by atoms with Crippen molar-refractivity contribution in [3.63, 3.8) is 0 Å². The van der Waals surface area contributed by atoms with E-state index in [2.05, 4.69) is 0 Å². The van der Waals surface area contributed by atoms with Crippen LogP contribution in [0.3, 0.4) is 0 Å². The average Bonchev–Trinajstić information content (AvgIpc) is 2.30. The Morgan fingerprint density at radius 3 is 1.79 bits per heavy atom. The molecule has 0 aromatic heterocycles. The van der Waals surface area contributed by atoms with Crippen LogP contribution in [0.4, 0.5) is 17.6 Å². The number of hydrogen-bond donors (Lipinski definition) is 2. The number of benzene rings is 1. The van der Waals surface area contributed by atoms with Gasteiger partial charge in [-0.2, -0.15) is 0 Å². The Morgan fingerprint density at radius 1 is 0.895 bits per heavy atom. The molecular weight excluding hydrogens is 276 g/mol. The Labute approximate surface area is 102 Å². The van der Waals surface area contributed by atoms with Crippen molar-refractivity contribution in [1.29, 1.82) is 0 Å². The molecule has 102 valence electrons. The van der Waals surface area contributed by atoms with E-state index in [9.17, 15) is 31.9 Å². The second-order valence-corrected chi connectivity index (χ2v) is 3.32. The molecule has 0 saturated carbocycles. The van der Waals surface area contributed by atoms with E-state index >= 15 is 0 Å². The van der Waals surface area contributed by atoms with E-state index < -0.39 is 52.5 Å². The van der Waals surface area contributed by atoms with E-state index in [-0.39, 0.29) is 6.07 Å². The van der Waals surface area contributed by atoms with E-state index in [1.165, 1.54) is 0 Å². The maximum Gasteiger partial charge on any atom is 0.325 e. The number of hydrogen-bond acceptors (Lipinski definition) is 3. The van der Waals surface area contributed by atoms with Crippen molar-refractivity contribution >= 4 is 17.7 Å². The van der Waals surface area contributed by atoms with Gasteiger partial charge in [-0.3, -0.25) is 14.4 Å². The summed E-state index contributed by atoms with van der Waals surface area (Å²) < 4.78 is 51.5. The molecule has 0 aliphatic rings. The molecule has 1 rings (SSSR count). The van der Waals surface area contributed by atoms with Gasteiger partial charge in [-0.1, -0.05) is 0 Å². The molecular formula is C10H4F4O5. The number of ketones is 1. The molecule has 0 radical (unpaired) electrons. The van der Waals surface area contributed by atoms with Crippen molar-refractivity contribution in [1.82, 2.24) is 0 Å². The maximum absolute atomic E-state index is 13.2. The SMILES string of the molecule is O=C(O)C(C(=O)O)C(=O)c1cc(F)c(F)c(F)c1F. The van der Waals surface area contributed by atoms with Crippen LogP contribution in [-0.4, -0.2) is 27.9 Å². The highest BCUT2D eigenvalue weighted by molar-refractivity contribution is 6.20. The molecule has 2 N–H and O–H groups in total. The lowest BCUT2D eigenvalue weighted by molar-refractivity contribution is -0.151. The molecule has 0 aliphatic carbocycles. The van der Waals surface area contributed by atoms with Gasteiger partial charge in [0.15, 0.2) is 29.1 Å². The minimum absolute atomic E-state index is 0.102. The molecule has 0 heterocycles. The molecule has 0 saturated heterocycles. The summed E-state index contributed by atoms with van der Waals surface area (Å²) in [6, 6.07) is -0.102. The summed E-state index contributed by atoms with van der Waals surface area (Å²) in [4.78, 5) is 32.4. The van der Waals surface area contributed by atoms with Gasteiger partial charge >= 0.3 is 11.9 Å². The van der Waals surface area contributed by atoms with Gasteiger partial charge in [0.1, 0.15) is 0 Å². The van der Waals surface area contributed by atoms with E-state index in [4.69, 9.17) is 10.2 Å². The number of rotatable bonds is 4. The van der Waals surface area contributed by atoms with Crippen LogP contribution in [0.15, 0.2) is 6.07 Å². The zero-order valence-corrected chi connectivity index (χ0v) is 8.79. The zero-order valence-electron chi connectivity index (χ0n) is 8.79. The summed E-state index contributed by atoms with van der Waals surface area (Å²) in [5.74, 6) is -17.6. The number of carbonyl (C=O) groups excluding carboxylic acids is 1. The molecule has 1 aromatic carbocycles. The predicted octanol–water partition coefficient (Wildman–Crippen LogP) is 1.21. The largest absolute Gasteiger partial charge is 0.480 e. The smallest absolute Gasteiger partial charge is 0.325 e. The first kappa shape index (κ1) is 14.6. The van der Waals surface area contributed by atoms with Crippen molar-refractivity contribution < 1.29 is 42.2 Å². The first-order valence-electron chi connectivity index (χ1n) is 4.51. The van der Waals surface area contributed by atoms with Crippen molar-refractivity contribution in [2.45, 2.75) is 0 Å². The molecule has 9 heteroatoms. The molecule has 0 atom stereocenters. The summed E-state index contributed by atoms with van der Waals surface area (Å²) in [6.07, 6.45) is 0. The average molecular weight is 280 g/mol. The first-order valence-corrected chi connectivity index (χ1v) is 4.51. The van der Waals surface area contributed by atoms with Crippen LogP contribution < -0.4 is 0 Å². The summed E-state index contributed by atoms with van der Waals surface area (Å²) in [7, 11) is 0. The number of carboxylic acids is 2. The van der Waals surface area contributed by atoms with Crippen LogP contribution in [-0.2, 0) is 9.59 Å². The summed E-state index contributed by atoms with van der Waals surface area (Å²) in [5, 5.41) is 16.9. The van der Waals surface area contributed by atoms with Gasteiger partial charge in [-0.05, 0) is 6.07 Å². The van der Waals surface area contributed by atoms with Crippen LogP contribution in [0.25, 0.3) is 0 Å². The lowest BCUT2D eigenvalue weighted by Crippen LogP contribution is -2.32. The van der Waals surface area contributed by atoms with Crippen molar-refractivity contribution in [3.05, 3.63) is 34.9 Å². The molecule has 0 fully saturated rings. The summed E-state index contributed by atoms with van der Waals surface area (Å²) in [5.41, 5.74) is -1.49. The van der Waals surface area contributed by atoms with Gasteiger partial charge in [-0.15, -0.1) is 0 Å². The molecule has 0 amide bonds. The van der Waals surface area contributed by atoms with Crippen molar-refractivity contribution in [2.75, 3.05) is 0 Å². The Kier molecular flexibility index (Phi) is 3.88. The Balaban J connectivity index is 3.42. The fourth-order valence-corrected chi connectivity index (χ4v) is 1.24. The third kappa shape index (κ3) is 2.54. The molecule has 0 unspecified atom stereocenters. The summed E-state index contributed by atoms with van der Waals surface area (Å²) in [6.45, 7) is 0. The standard InChI is InChI=1S/C10H4F4O5/c11-3-1-2(5(12)7(14)6(3)13)8(15)4(9(16)17)10(18)19/h1,4H,(H,16,17)(H,18,19). The van der Waals surface area contributed by atoms with Gasteiger partial charge in [0.05, 0.1) is 5.56 Å². The van der Waals surface area contributed by atoms with E-state index in [1.807, 2.05) is 0 Å². The molecule has 5 nitrogen and oxygen atoms in total. The highest BCUT2D eigenvalue weighted by Gasteiger charge is 2.37. The minimum Gasteiger partial charge on any atom is -0.480 e. The van der Waals surface area contributed by atoms with Crippen LogP contribution in [0.1, 0.15) is 10.4 Å². The molecule has 0 spiro atoms. The Hall–Kier alpha value is -2.45. The number of halogens is 4. The van der Waals surface area contributed by atoms with Crippen LogP contribution in [0.2, 0.25) is 0 Å². The normalized spacial score (nSPS) is 10.6. The van der Waals surface area contributed by atoms with Crippen LogP contribution in [0, 0.1) is 29.2 Å². The quantitative estimate of drug-likeness (QED) is 0.284. The van der Waals surface area contributed by atoms with Crippen LogP contribution >= 0.6 is 0 Å². The van der Waals surface area contributed by atoms with Gasteiger partial charge in [0, 0.05) is 0 Å². The molecule has 0 bridgehead atoms. The topological polar surface area (TPSA) is 91.7 Å². The Bertz CT molecular complexity index is 570. The van der Waals surface area contributed by atoms with E-state index in [1.54, 1.807) is 0 Å². The minimum atomic E-state index is -2.75. The van der Waals surface area contributed by atoms with Crippen LogP contribution in [0.5, 0.6) is 0 Å². The summed E-state index contributed by atoms with van der Waals surface area (Å²) >= 11 is 0. The molecule has 0 aliphatic heterocycles. The lowest BCUT2D eigenvalue weighted by Gasteiger charge is -2.08. The lowest BCUT2D eigenvalue weighted by atomic mass is 9.97. The monoisotopic (exact) mass is 280 g/mol. The third-order valence-corrected chi connectivity index (χ3v) is 2.12. The predicted molar refractivity (Wildman–Crippen MR) is 49.4 cm³/mol. The van der Waals surface area contributed by atoms with E-state index in [0.29, 0.717) is 0 Å². The maximum atomic E-state index is 13.2. The molecule has 1 aromatic rings. The van der Waals surface area contributed by atoms with Gasteiger partial charge in [0.2, 0.25) is 5.92 Å². The van der Waals surface area contributed by atoms with Gasteiger partial charge in [0.25, 0.3) is 0 Å². The van der Waals surface area contributed by atoms with Gasteiger partial charge < -0.3 is 10.2 Å². The molecule has 19 heavy (non-hydrogen) atoms. The van der Waals surface area contributed by atoms with Crippen molar-refractivity contribution in [3.8, 4) is 0 Å². The van der Waals surface area contributed by atoms with Crippen molar-refractivity contribution in [2.24, 2.45) is 5.92 Å². The zero-order chi connectivity index (χ0) is 14.9. The highest BCUT2D eigenvalue weighted by atomic mass is 19.2. The number of carbonyl (C=O) groups is 3. The fourth-order valence-electron chi connectivity index (χ4n) is 1.24. The number of Topliss-reactive ketones (excluding diaryl/α,β-unsaturated/α-hetero) is 1. The fraction of sp³-hybridized carbons (Fsp3) is 0.100. The second-order valence-electron chi connectivity index (χ2n) is 3.32. The number of aliphatic carboxylic acids is 2. The second kappa shape index (κ2) is 5.04. The van der Waals surface area contributed by atoms with Gasteiger partial charge in [-0.25, -0.2) is 17.6 Å². The first-order chi connectivity index (χ1) is 8.68. The van der Waals surface area contributed by atoms with E-state index in [0.717, 1.165) is 0 Å². The number of carboxylic acid groups (broad SMARTS) is 2. The Morgan fingerprint density at radius 2 is 1.37 bits per heavy atom. The third-order valence-electron chi connectivity index (χ3n) is 2.12. The highest BCUT2D eigenvalue weighted by Crippen LogP contribution is 2.21.